The predicted molar refractivity (Wildman–Crippen MR) is 61.4 cm³/mol. The molecule has 16 heavy (non-hydrogen) atoms. The Hall–Kier alpha value is -1.13. The molecule has 1 aliphatic carbocycles. The zero-order valence-corrected chi connectivity index (χ0v) is 9.41. The van der Waals surface area contributed by atoms with E-state index in [-0.39, 0.29) is 13.2 Å². The number of aliphatic hydroxyl groups excluding tert-OH is 1. The van der Waals surface area contributed by atoms with Crippen molar-refractivity contribution in [3.8, 4) is 5.88 Å². The summed E-state index contributed by atoms with van der Waals surface area (Å²) in [4.78, 5) is 4.51. The fourth-order valence-electron chi connectivity index (χ4n) is 2.08. The first-order valence-corrected chi connectivity index (χ1v) is 5.80. The number of nitrogens with two attached hydrogens (primary N) is 1. The van der Waals surface area contributed by atoms with E-state index in [4.69, 9.17) is 15.6 Å². The Morgan fingerprint density at radius 1 is 1.38 bits per heavy atom. The van der Waals surface area contributed by atoms with Gasteiger partial charge >= 0.3 is 0 Å². The maximum absolute atomic E-state index is 8.75. The maximum Gasteiger partial charge on any atom is 0.218 e. The summed E-state index contributed by atoms with van der Waals surface area (Å²) in [5, 5.41) is 8.75. The van der Waals surface area contributed by atoms with Gasteiger partial charge in [0.1, 0.15) is 6.61 Å². The van der Waals surface area contributed by atoms with Crippen molar-refractivity contribution < 1.29 is 9.84 Å². The number of ether oxygens (including phenoxy) is 1. The van der Waals surface area contributed by atoms with Crippen molar-refractivity contribution in [3.05, 3.63) is 22.9 Å². The summed E-state index contributed by atoms with van der Waals surface area (Å²) in [5.41, 5.74) is 9.06. The summed E-state index contributed by atoms with van der Waals surface area (Å²) in [6, 6.07) is 2.11. The van der Waals surface area contributed by atoms with E-state index in [1.807, 2.05) is 0 Å². The molecule has 0 saturated carbocycles. The summed E-state index contributed by atoms with van der Waals surface area (Å²) < 4.78 is 5.40. The van der Waals surface area contributed by atoms with Crippen LogP contribution in [0.15, 0.2) is 6.07 Å². The minimum atomic E-state index is 0.00275. The molecule has 0 saturated heterocycles. The van der Waals surface area contributed by atoms with E-state index in [9.17, 15) is 0 Å². The van der Waals surface area contributed by atoms with Gasteiger partial charge in [-0.25, -0.2) is 4.98 Å². The first kappa shape index (κ1) is 11.4. The molecule has 0 fully saturated rings. The largest absolute Gasteiger partial charge is 0.475 e. The van der Waals surface area contributed by atoms with Gasteiger partial charge in [0.25, 0.3) is 0 Å². The molecule has 4 nitrogen and oxygen atoms in total. The van der Waals surface area contributed by atoms with Crippen molar-refractivity contribution in [2.45, 2.75) is 32.2 Å². The summed E-state index contributed by atoms with van der Waals surface area (Å²) >= 11 is 0. The highest BCUT2D eigenvalue weighted by Crippen LogP contribution is 2.25. The molecule has 0 spiro atoms. The highest BCUT2D eigenvalue weighted by atomic mass is 16.5. The number of nitrogens with zero attached hydrogens (tertiary/aromatic N) is 1. The van der Waals surface area contributed by atoms with Crippen LogP contribution in [0, 0.1) is 0 Å². The zero-order valence-electron chi connectivity index (χ0n) is 9.41. The molecule has 0 radical (unpaired) electrons. The van der Waals surface area contributed by atoms with Gasteiger partial charge in [-0.05, 0) is 37.3 Å². The molecule has 2 rings (SSSR count). The average molecular weight is 222 g/mol. The van der Waals surface area contributed by atoms with Crippen LogP contribution in [0.2, 0.25) is 0 Å². The second-order valence-corrected chi connectivity index (χ2v) is 4.04. The number of rotatable bonds is 4. The number of aliphatic hydroxyl groups is 1. The molecule has 88 valence electrons. The Morgan fingerprint density at radius 2 is 2.19 bits per heavy atom. The fraction of sp³-hybridized carbons (Fsp3) is 0.583. The van der Waals surface area contributed by atoms with Crippen molar-refractivity contribution in [1.29, 1.82) is 0 Å². The normalized spacial score (nSPS) is 14.6. The first-order valence-electron chi connectivity index (χ1n) is 5.80. The molecule has 1 aromatic rings. The second kappa shape index (κ2) is 5.27. The quantitative estimate of drug-likeness (QED) is 0.790. The van der Waals surface area contributed by atoms with Crippen LogP contribution in [-0.4, -0.2) is 23.3 Å². The van der Waals surface area contributed by atoms with Crippen LogP contribution in [0.5, 0.6) is 5.88 Å². The van der Waals surface area contributed by atoms with E-state index in [1.54, 1.807) is 0 Å². The van der Waals surface area contributed by atoms with Crippen LogP contribution in [0.25, 0.3) is 0 Å². The van der Waals surface area contributed by atoms with Crippen molar-refractivity contribution in [2.24, 2.45) is 5.73 Å². The Morgan fingerprint density at radius 3 is 2.94 bits per heavy atom. The molecule has 0 aliphatic heterocycles. The van der Waals surface area contributed by atoms with Gasteiger partial charge in [0, 0.05) is 17.8 Å². The van der Waals surface area contributed by atoms with Gasteiger partial charge in [-0.15, -0.1) is 0 Å². The monoisotopic (exact) mass is 222 g/mol. The molecule has 0 unspecified atom stereocenters. The molecular weight excluding hydrogens is 204 g/mol. The number of aryl methyl sites for hydroxylation is 2. The molecule has 0 aromatic carbocycles. The van der Waals surface area contributed by atoms with Gasteiger partial charge in [-0.2, -0.15) is 0 Å². The lowest BCUT2D eigenvalue weighted by Crippen LogP contribution is -2.13. The third-order valence-corrected chi connectivity index (χ3v) is 2.89. The van der Waals surface area contributed by atoms with Crippen LogP contribution in [0.4, 0.5) is 0 Å². The lowest BCUT2D eigenvalue weighted by atomic mass is 9.95. The molecule has 0 atom stereocenters. The maximum atomic E-state index is 8.75. The van der Waals surface area contributed by atoms with E-state index in [1.165, 1.54) is 18.4 Å². The molecule has 4 heteroatoms. The Kier molecular flexibility index (Phi) is 3.74. The highest BCUT2D eigenvalue weighted by molar-refractivity contribution is 5.35. The molecular formula is C12H18N2O2. The first-order chi connectivity index (χ1) is 7.85. The number of hydrogen-bond acceptors (Lipinski definition) is 4. The highest BCUT2D eigenvalue weighted by Gasteiger charge is 2.15. The molecule has 3 N–H and O–H groups in total. The van der Waals surface area contributed by atoms with Crippen molar-refractivity contribution in [1.82, 2.24) is 4.98 Å². The third kappa shape index (κ3) is 2.33. The number of pyridine rings is 1. The van der Waals surface area contributed by atoms with E-state index in [0.29, 0.717) is 12.4 Å². The molecule has 1 aliphatic rings. The van der Waals surface area contributed by atoms with Gasteiger partial charge in [-0.3, -0.25) is 0 Å². The molecule has 1 heterocycles. The van der Waals surface area contributed by atoms with Crippen LogP contribution in [0.3, 0.4) is 0 Å². The van der Waals surface area contributed by atoms with Crippen LogP contribution in [0.1, 0.15) is 29.7 Å². The average Bonchev–Trinajstić information content (AvgIpc) is 2.35. The summed E-state index contributed by atoms with van der Waals surface area (Å²) in [6.07, 6.45) is 4.54. The lowest BCUT2D eigenvalue weighted by molar-refractivity contribution is 0.195. The molecule has 0 bridgehead atoms. The van der Waals surface area contributed by atoms with E-state index in [2.05, 4.69) is 11.1 Å². The Bertz CT molecular complexity index is 366. The van der Waals surface area contributed by atoms with E-state index in [0.717, 1.165) is 24.1 Å². The Balaban J connectivity index is 2.28. The number of aromatic nitrogens is 1. The summed E-state index contributed by atoms with van der Waals surface area (Å²) in [7, 11) is 0. The van der Waals surface area contributed by atoms with E-state index >= 15 is 0 Å². The van der Waals surface area contributed by atoms with Crippen molar-refractivity contribution >= 4 is 0 Å². The van der Waals surface area contributed by atoms with Gasteiger partial charge in [0.05, 0.1) is 6.61 Å². The molecule has 1 aromatic heterocycles. The molecule has 0 amide bonds. The summed E-state index contributed by atoms with van der Waals surface area (Å²) in [6.45, 7) is 0.711. The zero-order chi connectivity index (χ0) is 11.4. The van der Waals surface area contributed by atoms with Gasteiger partial charge in [0.2, 0.25) is 5.88 Å². The predicted octanol–water partition coefficient (Wildman–Crippen LogP) is 0.790. The van der Waals surface area contributed by atoms with Crippen molar-refractivity contribution in [2.75, 3.05) is 13.2 Å². The Labute approximate surface area is 95.4 Å². The van der Waals surface area contributed by atoms with Crippen LogP contribution >= 0.6 is 0 Å². The smallest absolute Gasteiger partial charge is 0.218 e. The van der Waals surface area contributed by atoms with Gasteiger partial charge < -0.3 is 15.6 Å². The van der Waals surface area contributed by atoms with Crippen molar-refractivity contribution in [3.63, 3.8) is 0 Å². The SMILES string of the molecule is NCc1cc2c(nc1OCCO)CCCC2. The van der Waals surface area contributed by atoms with Crippen LogP contribution in [-0.2, 0) is 19.4 Å². The lowest BCUT2D eigenvalue weighted by Gasteiger charge is -2.18. The minimum Gasteiger partial charge on any atom is -0.475 e. The number of hydrogen-bond donors (Lipinski definition) is 2. The summed E-state index contributed by atoms with van der Waals surface area (Å²) in [5.74, 6) is 0.595. The third-order valence-electron chi connectivity index (χ3n) is 2.89. The topological polar surface area (TPSA) is 68.4 Å². The standard InChI is InChI=1S/C12H18N2O2/c13-8-10-7-9-3-1-2-4-11(9)14-12(10)16-6-5-15/h7,15H,1-6,8,13H2. The van der Waals surface area contributed by atoms with Gasteiger partial charge in [-0.1, -0.05) is 0 Å². The fourth-order valence-corrected chi connectivity index (χ4v) is 2.08. The van der Waals surface area contributed by atoms with E-state index < -0.39 is 0 Å². The van der Waals surface area contributed by atoms with Crippen LogP contribution < -0.4 is 10.5 Å². The van der Waals surface area contributed by atoms with Gasteiger partial charge in [0.15, 0.2) is 0 Å². The minimum absolute atomic E-state index is 0.00275. The number of fused-ring (bicyclic) bond motifs is 1. The second-order valence-electron chi connectivity index (χ2n) is 4.04.